The molecular formula is C19H20BrFN2O3S. The molecule has 0 saturated heterocycles. The number of hydrogen-bond donors (Lipinski definition) is 0. The average molecular weight is 455 g/mol. The van der Waals surface area contributed by atoms with Gasteiger partial charge in [-0.15, -0.1) is 0 Å². The van der Waals surface area contributed by atoms with Crippen molar-refractivity contribution in [2.45, 2.75) is 24.2 Å². The molecule has 0 radical (unpaired) electrons. The second-order valence-electron chi connectivity index (χ2n) is 6.45. The maximum Gasteiger partial charge on any atom is 0.242 e. The number of anilines is 1. The first-order valence-corrected chi connectivity index (χ1v) is 10.8. The lowest BCUT2D eigenvalue weighted by Gasteiger charge is -2.20. The molecule has 144 valence electrons. The molecule has 0 spiro atoms. The van der Waals surface area contributed by atoms with Gasteiger partial charge >= 0.3 is 0 Å². The van der Waals surface area contributed by atoms with E-state index in [4.69, 9.17) is 0 Å². The van der Waals surface area contributed by atoms with Crippen LogP contribution in [-0.2, 0) is 21.2 Å². The SMILES string of the molecule is CN(CCCC(=O)N1CCc2cc(Br)ccc21)S(=O)(=O)c1ccc(F)cc1. The first kappa shape index (κ1) is 20.0. The van der Waals surface area contributed by atoms with Crippen molar-refractivity contribution in [2.24, 2.45) is 0 Å². The highest BCUT2D eigenvalue weighted by atomic mass is 79.9. The number of nitrogens with zero attached hydrogens (tertiary/aromatic N) is 2. The zero-order valence-electron chi connectivity index (χ0n) is 14.9. The topological polar surface area (TPSA) is 57.7 Å². The van der Waals surface area contributed by atoms with Crippen LogP contribution < -0.4 is 4.90 Å². The fourth-order valence-corrected chi connectivity index (χ4v) is 4.74. The molecule has 1 heterocycles. The number of halogens is 2. The first-order chi connectivity index (χ1) is 12.8. The third-order valence-electron chi connectivity index (χ3n) is 4.62. The Morgan fingerprint density at radius 1 is 1.22 bits per heavy atom. The lowest BCUT2D eigenvalue weighted by molar-refractivity contribution is -0.118. The fourth-order valence-electron chi connectivity index (χ4n) is 3.12. The Morgan fingerprint density at radius 2 is 1.93 bits per heavy atom. The van der Waals surface area contributed by atoms with E-state index in [0.717, 1.165) is 34.3 Å². The minimum Gasteiger partial charge on any atom is -0.312 e. The molecule has 27 heavy (non-hydrogen) atoms. The first-order valence-electron chi connectivity index (χ1n) is 8.60. The van der Waals surface area contributed by atoms with Crippen LogP contribution in [0.2, 0.25) is 0 Å². The van der Waals surface area contributed by atoms with E-state index in [0.29, 0.717) is 13.0 Å². The van der Waals surface area contributed by atoms with Crippen LogP contribution in [-0.4, -0.2) is 38.8 Å². The predicted molar refractivity (Wildman–Crippen MR) is 106 cm³/mol. The quantitative estimate of drug-likeness (QED) is 0.669. The van der Waals surface area contributed by atoms with Gasteiger partial charge in [0, 0.05) is 36.7 Å². The Kier molecular flexibility index (Phi) is 5.98. The molecule has 0 fully saturated rings. The maximum atomic E-state index is 13.0. The Hall–Kier alpha value is -1.77. The number of rotatable bonds is 6. The van der Waals surface area contributed by atoms with Crippen LogP contribution in [0.15, 0.2) is 51.8 Å². The predicted octanol–water partition coefficient (Wildman–Crippen LogP) is 3.58. The molecule has 0 unspecified atom stereocenters. The summed E-state index contributed by atoms with van der Waals surface area (Å²) in [5, 5.41) is 0. The molecule has 2 aromatic rings. The summed E-state index contributed by atoms with van der Waals surface area (Å²) in [5.41, 5.74) is 2.06. The molecule has 1 amide bonds. The highest BCUT2D eigenvalue weighted by Crippen LogP contribution is 2.31. The second kappa shape index (κ2) is 8.08. The maximum absolute atomic E-state index is 13.0. The van der Waals surface area contributed by atoms with Gasteiger partial charge < -0.3 is 4.90 Å². The summed E-state index contributed by atoms with van der Waals surface area (Å²) in [6, 6.07) is 10.6. The van der Waals surface area contributed by atoms with Gasteiger partial charge in [0.2, 0.25) is 15.9 Å². The summed E-state index contributed by atoms with van der Waals surface area (Å²) in [7, 11) is -2.23. The van der Waals surface area contributed by atoms with Crippen molar-refractivity contribution in [1.29, 1.82) is 0 Å². The van der Waals surface area contributed by atoms with Gasteiger partial charge in [-0.1, -0.05) is 15.9 Å². The number of amides is 1. The number of benzene rings is 2. The third-order valence-corrected chi connectivity index (χ3v) is 6.99. The molecule has 0 aliphatic carbocycles. The van der Waals surface area contributed by atoms with Gasteiger partial charge in [-0.05, 0) is 60.9 Å². The van der Waals surface area contributed by atoms with E-state index in [1.807, 2.05) is 18.2 Å². The van der Waals surface area contributed by atoms with Gasteiger partial charge in [0.15, 0.2) is 0 Å². The van der Waals surface area contributed by atoms with E-state index in [9.17, 15) is 17.6 Å². The Balaban J connectivity index is 1.57. The number of carbonyl (C=O) groups excluding carboxylic acids is 1. The van der Waals surface area contributed by atoms with Gasteiger partial charge in [-0.3, -0.25) is 4.79 Å². The van der Waals surface area contributed by atoms with Crippen LogP contribution >= 0.6 is 15.9 Å². The van der Waals surface area contributed by atoms with Crippen LogP contribution in [0.25, 0.3) is 0 Å². The Labute approximate surface area is 167 Å². The third kappa shape index (κ3) is 4.39. The molecule has 3 rings (SSSR count). The molecule has 1 aliphatic heterocycles. The molecule has 0 aromatic heterocycles. The van der Waals surface area contributed by atoms with Crippen LogP contribution in [0.5, 0.6) is 0 Å². The molecule has 8 heteroatoms. The van der Waals surface area contributed by atoms with Gasteiger partial charge in [0.25, 0.3) is 0 Å². The van der Waals surface area contributed by atoms with E-state index in [1.54, 1.807) is 4.90 Å². The van der Waals surface area contributed by atoms with Crippen LogP contribution in [0, 0.1) is 5.82 Å². The van der Waals surface area contributed by atoms with Crippen molar-refractivity contribution in [3.8, 4) is 0 Å². The summed E-state index contributed by atoms with van der Waals surface area (Å²) in [4.78, 5) is 14.3. The van der Waals surface area contributed by atoms with Gasteiger partial charge in [-0.2, -0.15) is 0 Å². The smallest absolute Gasteiger partial charge is 0.242 e. The molecule has 1 aliphatic rings. The number of carbonyl (C=O) groups is 1. The molecular weight excluding hydrogens is 435 g/mol. The highest BCUT2D eigenvalue weighted by Gasteiger charge is 2.25. The fraction of sp³-hybridized carbons (Fsp3) is 0.316. The van der Waals surface area contributed by atoms with Crippen molar-refractivity contribution in [3.05, 3.63) is 58.3 Å². The van der Waals surface area contributed by atoms with E-state index >= 15 is 0 Å². The summed E-state index contributed by atoms with van der Waals surface area (Å²) >= 11 is 3.43. The summed E-state index contributed by atoms with van der Waals surface area (Å²) in [5.74, 6) is -0.497. The average Bonchev–Trinajstić information content (AvgIpc) is 3.04. The normalized spacial score (nSPS) is 13.9. The zero-order chi connectivity index (χ0) is 19.6. The Bertz CT molecular complexity index is 948. The molecule has 0 N–H and O–H groups in total. The Morgan fingerprint density at radius 3 is 2.63 bits per heavy atom. The zero-order valence-corrected chi connectivity index (χ0v) is 17.3. The molecule has 2 aromatic carbocycles. The van der Waals surface area contributed by atoms with E-state index < -0.39 is 15.8 Å². The van der Waals surface area contributed by atoms with E-state index in [1.165, 1.54) is 23.5 Å². The summed E-state index contributed by atoms with van der Waals surface area (Å²) < 4.78 is 40.1. The highest BCUT2D eigenvalue weighted by molar-refractivity contribution is 9.10. The molecule has 0 saturated carbocycles. The van der Waals surface area contributed by atoms with Gasteiger partial charge in [0.1, 0.15) is 5.82 Å². The summed E-state index contributed by atoms with van der Waals surface area (Å²) in [6.45, 7) is 0.862. The largest absolute Gasteiger partial charge is 0.312 e. The van der Waals surface area contributed by atoms with Crippen molar-refractivity contribution >= 4 is 37.5 Å². The summed E-state index contributed by atoms with van der Waals surface area (Å²) in [6.07, 6.45) is 1.50. The van der Waals surface area contributed by atoms with Crippen LogP contribution in [0.4, 0.5) is 10.1 Å². The standard InChI is InChI=1S/C19H20BrFN2O3S/c1-22(27(25,26)17-7-5-16(21)6-8-17)11-2-3-19(24)23-12-10-14-13-15(20)4-9-18(14)23/h4-9,13H,2-3,10-12H2,1H3. The molecule has 0 bridgehead atoms. The van der Waals surface area contributed by atoms with Crippen molar-refractivity contribution in [3.63, 3.8) is 0 Å². The van der Waals surface area contributed by atoms with Crippen LogP contribution in [0.1, 0.15) is 18.4 Å². The minimum absolute atomic E-state index is 0.0105. The monoisotopic (exact) mass is 454 g/mol. The van der Waals surface area contributed by atoms with Gasteiger partial charge in [0.05, 0.1) is 4.90 Å². The van der Waals surface area contributed by atoms with Crippen molar-refractivity contribution < 1.29 is 17.6 Å². The second-order valence-corrected chi connectivity index (χ2v) is 9.41. The number of hydrogen-bond acceptors (Lipinski definition) is 3. The van der Waals surface area contributed by atoms with E-state index in [-0.39, 0.29) is 23.8 Å². The van der Waals surface area contributed by atoms with Crippen molar-refractivity contribution in [2.75, 3.05) is 25.0 Å². The van der Waals surface area contributed by atoms with E-state index in [2.05, 4.69) is 15.9 Å². The van der Waals surface area contributed by atoms with Crippen molar-refractivity contribution in [1.82, 2.24) is 4.31 Å². The van der Waals surface area contributed by atoms with Crippen LogP contribution in [0.3, 0.4) is 0 Å². The minimum atomic E-state index is -3.69. The number of fused-ring (bicyclic) bond motifs is 1. The lowest BCUT2D eigenvalue weighted by Crippen LogP contribution is -2.31. The molecule has 5 nitrogen and oxygen atoms in total. The van der Waals surface area contributed by atoms with Gasteiger partial charge in [-0.25, -0.2) is 17.1 Å². The lowest BCUT2D eigenvalue weighted by atomic mass is 10.2. The molecule has 0 atom stereocenters. The number of sulfonamides is 1.